The molecule has 1 aromatic heterocycles. The van der Waals surface area contributed by atoms with Crippen molar-refractivity contribution in [2.45, 2.75) is 26.0 Å². The summed E-state index contributed by atoms with van der Waals surface area (Å²) >= 11 is 0. The Bertz CT molecular complexity index is 309. The van der Waals surface area contributed by atoms with E-state index < -0.39 is 12.1 Å². The summed E-state index contributed by atoms with van der Waals surface area (Å²) in [7, 11) is 1.37. The van der Waals surface area contributed by atoms with E-state index in [1.807, 2.05) is 6.92 Å². The average molecular weight is 198 g/mol. The van der Waals surface area contributed by atoms with Crippen LogP contribution < -0.4 is 0 Å². The lowest BCUT2D eigenvalue weighted by Gasteiger charge is -2.06. The Morgan fingerprint density at radius 3 is 3.00 bits per heavy atom. The summed E-state index contributed by atoms with van der Waals surface area (Å²) in [4.78, 5) is 10.7. The summed E-state index contributed by atoms with van der Waals surface area (Å²) in [5.41, 5.74) is 0.577. The molecule has 0 fully saturated rings. The van der Waals surface area contributed by atoms with Gasteiger partial charge in [-0.25, -0.2) is 4.79 Å². The molecule has 1 heterocycles. The van der Waals surface area contributed by atoms with Crippen LogP contribution >= 0.6 is 0 Å². The van der Waals surface area contributed by atoms with E-state index in [4.69, 9.17) is 9.84 Å². The van der Waals surface area contributed by atoms with Gasteiger partial charge in [0.15, 0.2) is 6.10 Å². The van der Waals surface area contributed by atoms with Crippen LogP contribution in [0.2, 0.25) is 0 Å². The van der Waals surface area contributed by atoms with Gasteiger partial charge in [0.2, 0.25) is 0 Å². The van der Waals surface area contributed by atoms with Crippen LogP contribution in [0, 0.1) is 0 Å². The fourth-order valence-electron chi connectivity index (χ4n) is 1.25. The summed E-state index contributed by atoms with van der Waals surface area (Å²) in [5, 5.41) is 12.8. The Kier molecular flexibility index (Phi) is 3.64. The van der Waals surface area contributed by atoms with Crippen LogP contribution in [0.1, 0.15) is 25.0 Å². The first-order valence-electron chi connectivity index (χ1n) is 4.47. The summed E-state index contributed by atoms with van der Waals surface area (Å²) in [6, 6.07) is 0. The van der Waals surface area contributed by atoms with Crippen molar-refractivity contribution in [1.29, 1.82) is 0 Å². The molecule has 0 aliphatic carbocycles. The van der Waals surface area contributed by atoms with Crippen molar-refractivity contribution in [2.24, 2.45) is 0 Å². The highest BCUT2D eigenvalue weighted by molar-refractivity contribution is 5.74. The molecule has 0 saturated carbocycles. The van der Waals surface area contributed by atoms with Gasteiger partial charge in [-0.05, 0) is 6.42 Å². The number of carboxylic acid groups (broad SMARTS) is 1. The fraction of sp³-hybridized carbons (Fsp3) is 0.556. The SMILES string of the molecule is CCCn1cc(C(OC)C(=O)O)cn1. The maximum absolute atomic E-state index is 10.7. The first-order valence-corrected chi connectivity index (χ1v) is 4.47. The van der Waals surface area contributed by atoms with Crippen LogP contribution in [0.15, 0.2) is 12.4 Å². The zero-order chi connectivity index (χ0) is 10.6. The number of ether oxygens (including phenoxy) is 1. The molecule has 1 unspecified atom stereocenters. The molecule has 0 spiro atoms. The quantitative estimate of drug-likeness (QED) is 0.768. The van der Waals surface area contributed by atoms with Crippen molar-refractivity contribution in [3.05, 3.63) is 18.0 Å². The number of rotatable bonds is 5. The first-order chi connectivity index (χ1) is 6.69. The normalized spacial score (nSPS) is 12.7. The third-order valence-electron chi connectivity index (χ3n) is 1.87. The van der Waals surface area contributed by atoms with E-state index in [1.54, 1.807) is 10.9 Å². The van der Waals surface area contributed by atoms with Crippen LogP contribution in [-0.4, -0.2) is 28.0 Å². The maximum atomic E-state index is 10.7. The van der Waals surface area contributed by atoms with Gasteiger partial charge in [-0.1, -0.05) is 6.92 Å². The minimum Gasteiger partial charge on any atom is -0.479 e. The van der Waals surface area contributed by atoms with Crippen LogP contribution in [-0.2, 0) is 16.1 Å². The zero-order valence-corrected chi connectivity index (χ0v) is 8.30. The van der Waals surface area contributed by atoms with Gasteiger partial charge < -0.3 is 9.84 Å². The molecule has 1 N–H and O–H groups in total. The number of hydrogen-bond acceptors (Lipinski definition) is 3. The van der Waals surface area contributed by atoms with Gasteiger partial charge in [-0.15, -0.1) is 0 Å². The Labute approximate surface area is 82.3 Å². The van der Waals surface area contributed by atoms with E-state index >= 15 is 0 Å². The lowest BCUT2D eigenvalue weighted by molar-refractivity contribution is -0.148. The zero-order valence-electron chi connectivity index (χ0n) is 8.30. The third kappa shape index (κ3) is 2.32. The first kappa shape index (κ1) is 10.7. The molecule has 0 radical (unpaired) electrons. The Morgan fingerprint density at radius 1 is 1.79 bits per heavy atom. The molecule has 1 rings (SSSR count). The number of carboxylic acids is 1. The van der Waals surface area contributed by atoms with Gasteiger partial charge in [0.25, 0.3) is 0 Å². The largest absolute Gasteiger partial charge is 0.479 e. The van der Waals surface area contributed by atoms with Crippen LogP contribution in [0.3, 0.4) is 0 Å². The Balaban J connectivity index is 2.78. The molecule has 0 aromatic carbocycles. The predicted molar refractivity (Wildman–Crippen MR) is 49.9 cm³/mol. The summed E-state index contributed by atoms with van der Waals surface area (Å²) in [6.07, 6.45) is 3.27. The van der Waals surface area contributed by atoms with Crippen molar-refractivity contribution < 1.29 is 14.6 Å². The molecule has 5 nitrogen and oxygen atoms in total. The molecule has 1 aromatic rings. The van der Waals surface area contributed by atoms with E-state index in [2.05, 4.69) is 5.10 Å². The van der Waals surface area contributed by atoms with Gasteiger partial charge in [-0.2, -0.15) is 5.10 Å². The topological polar surface area (TPSA) is 64.3 Å². The smallest absolute Gasteiger partial charge is 0.337 e. The molecule has 78 valence electrons. The van der Waals surface area contributed by atoms with E-state index in [9.17, 15) is 4.79 Å². The second-order valence-corrected chi connectivity index (χ2v) is 2.99. The molecule has 0 saturated heterocycles. The number of aryl methyl sites for hydroxylation is 1. The third-order valence-corrected chi connectivity index (χ3v) is 1.87. The van der Waals surface area contributed by atoms with Crippen LogP contribution in [0.5, 0.6) is 0 Å². The summed E-state index contributed by atoms with van der Waals surface area (Å²) in [5.74, 6) is -0.997. The average Bonchev–Trinajstić information content (AvgIpc) is 2.54. The van der Waals surface area contributed by atoms with Crippen molar-refractivity contribution in [2.75, 3.05) is 7.11 Å². The van der Waals surface area contributed by atoms with Crippen LogP contribution in [0.4, 0.5) is 0 Å². The highest BCUT2D eigenvalue weighted by Gasteiger charge is 2.20. The van der Waals surface area contributed by atoms with Gasteiger partial charge in [0.05, 0.1) is 6.20 Å². The van der Waals surface area contributed by atoms with Crippen molar-refractivity contribution in [3.8, 4) is 0 Å². The standard InChI is InChI=1S/C9H14N2O3/c1-3-4-11-6-7(5-10-11)8(14-2)9(12)13/h5-6,8H,3-4H2,1-2H3,(H,12,13). The highest BCUT2D eigenvalue weighted by Crippen LogP contribution is 2.15. The predicted octanol–water partition coefficient (Wildman–Crippen LogP) is 1.07. The molecule has 5 heteroatoms. The van der Waals surface area contributed by atoms with E-state index in [0.29, 0.717) is 5.56 Å². The van der Waals surface area contributed by atoms with Crippen molar-refractivity contribution in [1.82, 2.24) is 9.78 Å². The number of carbonyl (C=O) groups is 1. The number of aromatic nitrogens is 2. The van der Waals surface area contributed by atoms with Gasteiger partial charge in [-0.3, -0.25) is 4.68 Å². The van der Waals surface area contributed by atoms with Gasteiger partial charge in [0, 0.05) is 25.4 Å². The second-order valence-electron chi connectivity index (χ2n) is 2.99. The van der Waals surface area contributed by atoms with Gasteiger partial charge >= 0.3 is 5.97 Å². The fourth-order valence-corrected chi connectivity index (χ4v) is 1.25. The molecular formula is C9H14N2O3. The monoisotopic (exact) mass is 198 g/mol. The van der Waals surface area contributed by atoms with E-state index in [0.717, 1.165) is 13.0 Å². The molecule has 0 amide bonds. The lowest BCUT2D eigenvalue weighted by Crippen LogP contribution is -2.12. The number of nitrogens with zero attached hydrogens (tertiary/aromatic N) is 2. The molecule has 0 aliphatic rings. The van der Waals surface area contributed by atoms with Crippen molar-refractivity contribution >= 4 is 5.97 Å². The molecule has 0 aliphatic heterocycles. The Morgan fingerprint density at radius 2 is 2.50 bits per heavy atom. The van der Waals surface area contributed by atoms with E-state index in [-0.39, 0.29) is 0 Å². The van der Waals surface area contributed by atoms with Crippen molar-refractivity contribution in [3.63, 3.8) is 0 Å². The highest BCUT2D eigenvalue weighted by atomic mass is 16.5. The lowest BCUT2D eigenvalue weighted by atomic mass is 10.2. The number of aliphatic carboxylic acids is 1. The minimum absolute atomic E-state index is 0.577. The minimum atomic E-state index is -0.997. The summed E-state index contributed by atoms with van der Waals surface area (Å²) < 4.78 is 6.55. The molecule has 14 heavy (non-hydrogen) atoms. The molecular weight excluding hydrogens is 184 g/mol. The number of hydrogen-bond donors (Lipinski definition) is 1. The number of methoxy groups -OCH3 is 1. The van der Waals surface area contributed by atoms with Gasteiger partial charge in [0.1, 0.15) is 0 Å². The Hall–Kier alpha value is -1.36. The second kappa shape index (κ2) is 4.76. The molecule has 1 atom stereocenters. The summed E-state index contributed by atoms with van der Waals surface area (Å²) in [6.45, 7) is 2.82. The maximum Gasteiger partial charge on any atom is 0.337 e. The molecule has 0 bridgehead atoms. The van der Waals surface area contributed by atoms with Crippen LogP contribution in [0.25, 0.3) is 0 Å². The van der Waals surface area contributed by atoms with E-state index in [1.165, 1.54) is 13.3 Å².